The summed E-state index contributed by atoms with van der Waals surface area (Å²) in [5, 5.41) is 0. The summed E-state index contributed by atoms with van der Waals surface area (Å²) in [7, 11) is -1.80. The molecule has 6 heteroatoms. The van der Waals surface area contributed by atoms with E-state index in [1.807, 2.05) is 13.8 Å². The van der Waals surface area contributed by atoms with Crippen molar-refractivity contribution in [3.05, 3.63) is 18.2 Å². The molecule has 0 heterocycles. The second kappa shape index (κ2) is 6.77. The van der Waals surface area contributed by atoms with Crippen molar-refractivity contribution >= 4 is 15.5 Å². The van der Waals surface area contributed by atoms with E-state index in [0.29, 0.717) is 18.0 Å². The Hall–Kier alpha value is -1.27. The van der Waals surface area contributed by atoms with E-state index >= 15 is 0 Å². The fourth-order valence-corrected chi connectivity index (χ4v) is 3.13. The maximum atomic E-state index is 12.2. The van der Waals surface area contributed by atoms with Crippen molar-refractivity contribution in [2.45, 2.75) is 18.7 Å². The number of sulfone groups is 1. The molecule has 1 aromatic carbocycles. The molecule has 2 N–H and O–H groups in total. The van der Waals surface area contributed by atoms with E-state index in [1.54, 1.807) is 6.07 Å². The summed E-state index contributed by atoms with van der Waals surface area (Å²) in [5.41, 5.74) is 6.08. The fourth-order valence-electron chi connectivity index (χ4n) is 1.81. The third-order valence-corrected chi connectivity index (χ3v) is 4.82. The van der Waals surface area contributed by atoms with Crippen LogP contribution < -0.4 is 10.5 Å². The first-order chi connectivity index (χ1) is 8.94. The van der Waals surface area contributed by atoms with Gasteiger partial charge in [0.1, 0.15) is 5.75 Å². The van der Waals surface area contributed by atoms with Gasteiger partial charge in [-0.15, -0.1) is 0 Å². The van der Waals surface area contributed by atoms with Gasteiger partial charge in [0.05, 0.1) is 23.4 Å². The van der Waals surface area contributed by atoms with Gasteiger partial charge < -0.3 is 15.4 Å². The molecule has 0 amide bonds. The van der Waals surface area contributed by atoms with Gasteiger partial charge >= 0.3 is 0 Å². The molecule has 0 unspecified atom stereocenters. The molecule has 0 bridgehead atoms. The fraction of sp³-hybridized carbons (Fsp3) is 0.538. The van der Waals surface area contributed by atoms with Gasteiger partial charge in [0.15, 0.2) is 9.84 Å². The quantitative estimate of drug-likeness (QED) is 0.767. The lowest BCUT2D eigenvalue weighted by molar-refractivity contribution is 0.321. The number of ether oxygens (including phenoxy) is 1. The van der Waals surface area contributed by atoms with E-state index < -0.39 is 9.84 Å². The van der Waals surface area contributed by atoms with E-state index in [9.17, 15) is 8.42 Å². The van der Waals surface area contributed by atoms with Crippen LogP contribution in [0.2, 0.25) is 0 Å². The van der Waals surface area contributed by atoms with Crippen LogP contribution in [0.1, 0.15) is 13.8 Å². The molecular formula is C13H22N2O3S. The highest BCUT2D eigenvalue weighted by Crippen LogP contribution is 2.24. The molecule has 0 atom stereocenters. The van der Waals surface area contributed by atoms with Gasteiger partial charge in [-0.2, -0.15) is 0 Å². The molecule has 0 aliphatic carbocycles. The van der Waals surface area contributed by atoms with Gasteiger partial charge in [-0.3, -0.25) is 0 Å². The number of nitrogens with two attached hydrogens (primary N) is 1. The maximum absolute atomic E-state index is 12.2. The predicted octanol–water partition coefficient (Wildman–Crippen LogP) is 1.39. The highest BCUT2D eigenvalue weighted by atomic mass is 32.2. The molecule has 0 saturated heterocycles. The molecule has 0 saturated carbocycles. The topological polar surface area (TPSA) is 72.6 Å². The lowest BCUT2D eigenvalue weighted by Crippen LogP contribution is -2.29. The molecule has 0 radical (unpaired) electrons. The Morgan fingerprint density at radius 2 is 1.89 bits per heavy atom. The maximum Gasteiger partial charge on any atom is 0.179 e. The first-order valence-electron chi connectivity index (χ1n) is 6.33. The summed E-state index contributed by atoms with van der Waals surface area (Å²) < 4.78 is 29.4. The number of nitrogen functional groups attached to an aromatic ring is 1. The Kier molecular flexibility index (Phi) is 5.62. The number of rotatable bonds is 7. The second-order valence-corrected chi connectivity index (χ2v) is 6.36. The summed E-state index contributed by atoms with van der Waals surface area (Å²) in [6, 6.07) is 4.57. The van der Waals surface area contributed by atoms with Crippen molar-refractivity contribution in [2.75, 3.05) is 38.2 Å². The van der Waals surface area contributed by atoms with Crippen molar-refractivity contribution in [3.63, 3.8) is 0 Å². The molecule has 0 aliphatic heterocycles. The van der Waals surface area contributed by atoms with E-state index in [4.69, 9.17) is 10.5 Å². The SMILES string of the molecule is CCN(CC)CCS(=O)(=O)c1ccc(OC)c(N)c1. The molecule has 5 nitrogen and oxygen atoms in total. The molecule has 0 spiro atoms. The Labute approximate surface area is 115 Å². The van der Waals surface area contributed by atoms with Crippen LogP contribution in [0.4, 0.5) is 5.69 Å². The number of benzene rings is 1. The molecule has 19 heavy (non-hydrogen) atoms. The molecule has 1 rings (SSSR count). The molecular weight excluding hydrogens is 264 g/mol. The first kappa shape index (κ1) is 15.8. The van der Waals surface area contributed by atoms with Gasteiger partial charge in [-0.05, 0) is 31.3 Å². The minimum absolute atomic E-state index is 0.0977. The molecule has 1 aromatic rings. The van der Waals surface area contributed by atoms with Gasteiger partial charge in [0.25, 0.3) is 0 Å². The largest absolute Gasteiger partial charge is 0.495 e. The predicted molar refractivity (Wildman–Crippen MR) is 77.2 cm³/mol. The summed E-state index contributed by atoms with van der Waals surface area (Å²) in [5.74, 6) is 0.586. The minimum atomic E-state index is -3.30. The zero-order chi connectivity index (χ0) is 14.5. The Bertz CT molecular complexity index is 511. The molecule has 0 fully saturated rings. The van der Waals surface area contributed by atoms with Crippen molar-refractivity contribution < 1.29 is 13.2 Å². The van der Waals surface area contributed by atoms with Crippen molar-refractivity contribution in [2.24, 2.45) is 0 Å². The standard InChI is InChI=1S/C13H22N2O3S/c1-4-15(5-2)8-9-19(16,17)11-6-7-13(18-3)12(14)10-11/h6-7,10H,4-5,8-9,14H2,1-3H3. The number of hydrogen-bond acceptors (Lipinski definition) is 5. The molecule has 108 valence electrons. The van der Waals surface area contributed by atoms with Crippen LogP contribution in [0.25, 0.3) is 0 Å². The van der Waals surface area contributed by atoms with Crippen molar-refractivity contribution in [1.82, 2.24) is 4.90 Å². The molecule has 0 aromatic heterocycles. The zero-order valence-electron chi connectivity index (χ0n) is 11.7. The Morgan fingerprint density at radius 1 is 1.26 bits per heavy atom. The lowest BCUT2D eigenvalue weighted by atomic mass is 10.3. The van der Waals surface area contributed by atoms with E-state index in [2.05, 4.69) is 4.90 Å². The monoisotopic (exact) mass is 286 g/mol. The highest BCUT2D eigenvalue weighted by molar-refractivity contribution is 7.91. The number of hydrogen-bond donors (Lipinski definition) is 1. The van der Waals surface area contributed by atoms with Gasteiger partial charge in [0.2, 0.25) is 0 Å². The summed E-state index contributed by atoms with van der Waals surface area (Å²) in [6.45, 7) is 6.25. The lowest BCUT2D eigenvalue weighted by Gasteiger charge is -2.17. The van der Waals surface area contributed by atoms with Gasteiger partial charge in [0, 0.05) is 6.54 Å². The normalized spacial score (nSPS) is 11.8. The van der Waals surface area contributed by atoms with Crippen LogP contribution in [0.15, 0.2) is 23.1 Å². The number of methoxy groups -OCH3 is 1. The van der Waals surface area contributed by atoms with Crippen LogP contribution in [0.5, 0.6) is 5.75 Å². The van der Waals surface area contributed by atoms with Crippen LogP contribution in [-0.2, 0) is 9.84 Å². The van der Waals surface area contributed by atoms with Gasteiger partial charge in [-0.1, -0.05) is 13.8 Å². The minimum Gasteiger partial charge on any atom is -0.495 e. The van der Waals surface area contributed by atoms with E-state index in [-0.39, 0.29) is 10.6 Å². The first-order valence-corrected chi connectivity index (χ1v) is 7.98. The zero-order valence-corrected chi connectivity index (χ0v) is 12.5. The molecule has 0 aliphatic rings. The summed E-state index contributed by atoms with van der Waals surface area (Å²) in [4.78, 5) is 2.32. The highest BCUT2D eigenvalue weighted by Gasteiger charge is 2.17. The number of anilines is 1. The smallest absolute Gasteiger partial charge is 0.179 e. The van der Waals surface area contributed by atoms with Crippen LogP contribution in [0.3, 0.4) is 0 Å². The average molecular weight is 286 g/mol. The second-order valence-electron chi connectivity index (χ2n) is 4.25. The Morgan fingerprint density at radius 3 is 2.37 bits per heavy atom. The van der Waals surface area contributed by atoms with Crippen LogP contribution in [0, 0.1) is 0 Å². The van der Waals surface area contributed by atoms with Crippen LogP contribution in [-0.4, -0.2) is 45.8 Å². The third kappa shape index (κ3) is 4.11. The van der Waals surface area contributed by atoms with Gasteiger partial charge in [-0.25, -0.2) is 8.42 Å². The average Bonchev–Trinajstić information content (AvgIpc) is 2.39. The third-order valence-electron chi connectivity index (χ3n) is 3.13. The summed E-state index contributed by atoms with van der Waals surface area (Å²) >= 11 is 0. The van der Waals surface area contributed by atoms with Crippen molar-refractivity contribution in [3.8, 4) is 5.75 Å². The van der Waals surface area contributed by atoms with Crippen LogP contribution >= 0.6 is 0 Å². The Balaban J connectivity index is 2.85. The van der Waals surface area contributed by atoms with E-state index in [1.165, 1.54) is 19.2 Å². The summed E-state index contributed by atoms with van der Waals surface area (Å²) in [6.07, 6.45) is 0. The number of nitrogens with zero attached hydrogens (tertiary/aromatic N) is 1. The van der Waals surface area contributed by atoms with Crippen molar-refractivity contribution in [1.29, 1.82) is 0 Å². The van der Waals surface area contributed by atoms with E-state index in [0.717, 1.165) is 13.1 Å².